The average molecular weight is 456 g/mol. The van der Waals surface area contributed by atoms with Crippen molar-refractivity contribution >= 4 is 29.8 Å². The molecule has 2 nitrogen and oxygen atoms in total. The van der Waals surface area contributed by atoms with Gasteiger partial charge in [0.25, 0.3) is 0 Å². The Morgan fingerprint density at radius 1 is 0.900 bits per heavy atom. The molecule has 0 saturated carbocycles. The predicted octanol–water partition coefficient (Wildman–Crippen LogP) is 5.05. The van der Waals surface area contributed by atoms with Crippen LogP contribution in [0.4, 0.5) is 0 Å². The van der Waals surface area contributed by atoms with Crippen molar-refractivity contribution in [2.75, 3.05) is 0 Å². The zero-order chi connectivity index (χ0) is 20.5. The minimum absolute atomic E-state index is 0. The Labute approximate surface area is 190 Å². The number of carbonyl (C=O) groups is 1. The van der Waals surface area contributed by atoms with Crippen LogP contribution in [0.25, 0.3) is 0 Å². The SMILES string of the molecule is CC[c-]1ccc(P(c2ccccc2)c2ccccc2)c1OC(C)=O.[Fe+2].c1cc[cH-]c1. The van der Waals surface area contributed by atoms with Crippen molar-refractivity contribution in [3.05, 3.63) is 109 Å². The summed E-state index contributed by atoms with van der Waals surface area (Å²) in [6.45, 7) is 3.54. The molecule has 4 aromatic carbocycles. The first-order valence-corrected chi connectivity index (χ1v) is 11.1. The number of ether oxygens (including phenoxy) is 1. The molecule has 4 aromatic rings. The van der Waals surface area contributed by atoms with Crippen molar-refractivity contribution in [3.8, 4) is 5.75 Å². The number of esters is 1. The zero-order valence-corrected chi connectivity index (χ0v) is 19.1. The maximum absolute atomic E-state index is 11.6. The Hall–Kier alpha value is -2.44. The van der Waals surface area contributed by atoms with Crippen molar-refractivity contribution in [1.82, 2.24) is 0 Å². The summed E-state index contributed by atoms with van der Waals surface area (Å²) < 4.78 is 5.61. The Balaban J connectivity index is 0.000000468. The molecule has 4 heteroatoms. The van der Waals surface area contributed by atoms with Crippen molar-refractivity contribution in [2.45, 2.75) is 20.3 Å². The number of hydrogen-bond acceptors (Lipinski definition) is 2. The van der Waals surface area contributed by atoms with E-state index in [9.17, 15) is 4.79 Å². The predicted molar refractivity (Wildman–Crippen MR) is 123 cm³/mol. The van der Waals surface area contributed by atoms with Crippen molar-refractivity contribution in [3.63, 3.8) is 0 Å². The van der Waals surface area contributed by atoms with Gasteiger partial charge < -0.3 is 4.74 Å². The van der Waals surface area contributed by atoms with E-state index in [0.717, 1.165) is 23.0 Å². The third kappa shape index (κ3) is 6.28. The van der Waals surface area contributed by atoms with E-state index in [2.05, 4.69) is 67.6 Å². The summed E-state index contributed by atoms with van der Waals surface area (Å²) in [6.07, 6.45) is 0.843. The van der Waals surface area contributed by atoms with Gasteiger partial charge in [-0.15, -0.1) is 10.9 Å². The van der Waals surface area contributed by atoms with Gasteiger partial charge in [0.1, 0.15) is 0 Å². The van der Waals surface area contributed by atoms with Crippen molar-refractivity contribution in [2.24, 2.45) is 0 Å². The number of hydrogen-bond donors (Lipinski definition) is 0. The number of carbonyl (C=O) groups excluding carboxylic acids is 1. The summed E-state index contributed by atoms with van der Waals surface area (Å²) in [5.41, 5.74) is 1.08. The molecule has 0 bridgehead atoms. The number of rotatable bonds is 5. The quantitative estimate of drug-likeness (QED) is 0.182. The fraction of sp³-hybridized carbons (Fsp3) is 0.115. The van der Waals surface area contributed by atoms with Crippen LogP contribution in [0, 0.1) is 0 Å². The van der Waals surface area contributed by atoms with E-state index >= 15 is 0 Å². The summed E-state index contributed by atoms with van der Waals surface area (Å²) in [5.74, 6) is 0.469. The fourth-order valence-electron chi connectivity index (χ4n) is 3.11. The molecule has 0 saturated heterocycles. The summed E-state index contributed by atoms with van der Waals surface area (Å²) in [7, 11) is -0.759. The Bertz CT molecular complexity index is 936. The molecule has 0 N–H and O–H groups in total. The Kier molecular flexibility index (Phi) is 9.77. The molecule has 0 radical (unpaired) electrons. The van der Waals surface area contributed by atoms with Gasteiger partial charge in [-0.25, -0.2) is 18.2 Å². The molecule has 0 amide bonds. The van der Waals surface area contributed by atoms with Crippen LogP contribution >= 0.6 is 7.92 Å². The molecule has 0 heterocycles. The molecule has 0 spiro atoms. The second-order valence-electron chi connectivity index (χ2n) is 6.49. The van der Waals surface area contributed by atoms with Gasteiger partial charge in [-0.05, 0) is 10.6 Å². The smallest absolute Gasteiger partial charge is 0.453 e. The normalized spacial score (nSPS) is 9.97. The van der Waals surface area contributed by atoms with Gasteiger partial charge in [0.2, 0.25) is 0 Å². The standard InChI is InChI=1S/C21H20O2P.C5H5.Fe/c1-3-17-14-15-20(21(17)23-16(2)22)24(18-10-6-4-7-11-18)19-12-8-5-9-13-19;1-2-4-5-3-1;/h4-15H,3H2,1-2H3;1-5H;/q2*-1;+2. The van der Waals surface area contributed by atoms with Crippen molar-refractivity contribution in [1.29, 1.82) is 0 Å². The van der Waals surface area contributed by atoms with Crippen LogP contribution in [0.2, 0.25) is 0 Å². The monoisotopic (exact) mass is 456 g/mol. The van der Waals surface area contributed by atoms with Gasteiger partial charge in [0, 0.05) is 12.7 Å². The van der Waals surface area contributed by atoms with E-state index in [-0.39, 0.29) is 23.0 Å². The third-order valence-corrected chi connectivity index (χ3v) is 6.88. The molecule has 0 fully saturated rings. The summed E-state index contributed by atoms with van der Waals surface area (Å²) in [5, 5.41) is 3.61. The second-order valence-corrected chi connectivity index (χ2v) is 8.67. The first-order chi connectivity index (χ1) is 14.2. The first kappa shape index (κ1) is 23.8. The largest absolute Gasteiger partial charge is 2.00 e. The molecule has 0 aliphatic heterocycles. The molecule has 154 valence electrons. The molecule has 0 unspecified atom stereocenters. The fourth-order valence-corrected chi connectivity index (χ4v) is 5.52. The van der Waals surface area contributed by atoms with E-state index in [1.807, 2.05) is 42.5 Å². The molecule has 0 aliphatic carbocycles. The minimum Gasteiger partial charge on any atom is -0.453 e. The number of benzene rings is 2. The van der Waals surface area contributed by atoms with Gasteiger partial charge in [-0.3, -0.25) is 4.79 Å². The zero-order valence-electron chi connectivity index (χ0n) is 17.1. The summed E-state index contributed by atoms with van der Waals surface area (Å²) >= 11 is 0. The van der Waals surface area contributed by atoms with Crippen LogP contribution in [0.3, 0.4) is 0 Å². The van der Waals surface area contributed by atoms with Crippen LogP contribution in [-0.2, 0) is 28.3 Å². The molecule has 30 heavy (non-hydrogen) atoms. The third-order valence-electron chi connectivity index (χ3n) is 4.42. The van der Waals surface area contributed by atoms with E-state index in [0.29, 0.717) is 0 Å². The van der Waals surface area contributed by atoms with E-state index in [1.165, 1.54) is 17.5 Å². The maximum atomic E-state index is 11.6. The summed E-state index contributed by atoms with van der Waals surface area (Å²) in [6, 6.07) is 35.1. The van der Waals surface area contributed by atoms with Crippen LogP contribution in [0.1, 0.15) is 19.4 Å². The Morgan fingerprint density at radius 2 is 1.43 bits per heavy atom. The number of aryl methyl sites for hydroxylation is 1. The molecule has 0 aliphatic rings. The first-order valence-electron chi connectivity index (χ1n) is 9.74. The van der Waals surface area contributed by atoms with Gasteiger partial charge in [0.05, 0.1) is 0 Å². The van der Waals surface area contributed by atoms with Gasteiger partial charge in [-0.2, -0.15) is 24.3 Å². The average Bonchev–Trinajstić information content (AvgIpc) is 3.44. The minimum atomic E-state index is -0.759. The molecular formula is C26H25FeO2P. The van der Waals surface area contributed by atoms with E-state index in [1.54, 1.807) is 0 Å². The van der Waals surface area contributed by atoms with Crippen LogP contribution in [-0.4, -0.2) is 5.97 Å². The van der Waals surface area contributed by atoms with E-state index in [4.69, 9.17) is 4.74 Å². The molecule has 0 aromatic heterocycles. The Morgan fingerprint density at radius 3 is 1.83 bits per heavy atom. The van der Waals surface area contributed by atoms with E-state index < -0.39 is 7.92 Å². The van der Waals surface area contributed by atoms with Crippen molar-refractivity contribution < 1.29 is 26.6 Å². The van der Waals surface area contributed by atoms with Crippen LogP contribution < -0.4 is 20.7 Å². The topological polar surface area (TPSA) is 26.3 Å². The van der Waals surface area contributed by atoms with Crippen LogP contribution in [0.15, 0.2) is 103 Å². The van der Waals surface area contributed by atoms with Crippen LogP contribution in [0.5, 0.6) is 5.75 Å². The second kappa shape index (κ2) is 12.3. The maximum Gasteiger partial charge on any atom is 2.00 e. The van der Waals surface area contributed by atoms with Gasteiger partial charge in [0.15, 0.2) is 0 Å². The molecular weight excluding hydrogens is 431 g/mol. The summed E-state index contributed by atoms with van der Waals surface area (Å²) in [4.78, 5) is 11.6. The van der Waals surface area contributed by atoms with Gasteiger partial charge >= 0.3 is 23.0 Å². The molecule has 0 atom stereocenters. The van der Waals surface area contributed by atoms with Gasteiger partial charge in [-0.1, -0.05) is 81.9 Å². The molecule has 4 rings (SSSR count).